The molecule has 27 heavy (non-hydrogen) atoms. The number of likely N-dealkylation sites (tertiary alicyclic amines) is 2. The Bertz CT molecular complexity index is 794. The molecule has 0 aliphatic carbocycles. The van der Waals surface area contributed by atoms with Gasteiger partial charge in [0.15, 0.2) is 0 Å². The monoisotopic (exact) mass is 364 g/mol. The first kappa shape index (κ1) is 18.0. The molecule has 2 fully saturated rings. The van der Waals surface area contributed by atoms with Crippen LogP contribution in [0.5, 0.6) is 0 Å². The second-order valence-corrected chi connectivity index (χ2v) is 8.07. The van der Waals surface area contributed by atoms with E-state index in [2.05, 4.69) is 45.5 Å². The van der Waals surface area contributed by atoms with Crippen molar-refractivity contribution in [2.45, 2.75) is 32.7 Å². The van der Waals surface area contributed by atoms with Crippen molar-refractivity contribution in [2.75, 3.05) is 31.5 Å². The van der Waals surface area contributed by atoms with Gasteiger partial charge in [0, 0.05) is 37.3 Å². The van der Waals surface area contributed by atoms with Crippen molar-refractivity contribution in [3.05, 3.63) is 59.8 Å². The molecule has 1 unspecified atom stereocenters. The quantitative estimate of drug-likeness (QED) is 0.898. The zero-order valence-corrected chi connectivity index (χ0v) is 16.0. The van der Waals surface area contributed by atoms with Crippen LogP contribution in [0.3, 0.4) is 0 Å². The molecule has 2 amide bonds. The lowest BCUT2D eigenvalue weighted by atomic mass is 9.79. The summed E-state index contributed by atoms with van der Waals surface area (Å²) in [6.07, 6.45) is 3.51. The van der Waals surface area contributed by atoms with Crippen LogP contribution in [0.1, 0.15) is 30.5 Å². The molecule has 1 N–H and O–H groups in total. The van der Waals surface area contributed by atoms with Crippen molar-refractivity contribution in [1.82, 2.24) is 14.8 Å². The van der Waals surface area contributed by atoms with E-state index in [1.807, 2.05) is 30.0 Å². The molecular weight excluding hydrogens is 336 g/mol. The first-order chi connectivity index (χ1) is 13.1. The number of nitrogens with zero attached hydrogens (tertiary/aromatic N) is 3. The SMILES string of the molecule is Cc1cccc(NC(=O)N2CCC3(CCCN(Cc4ccccc4)C3)C2)n1. The van der Waals surface area contributed by atoms with Gasteiger partial charge in [-0.05, 0) is 50.4 Å². The molecular formula is C22H28N4O. The second-order valence-electron chi connectivity index (χ2n) is 8.07. The predicted octanol–water partition coefficient (Wildman–Crippen LogP) is 3.91. The summed E-state index contributed by atoms with van der Waals surface area (Å²) in [5, 5.41) is 2.96. The van der Waals surface area contributed by atoms with Crippen LogP contribution in [-0.4, -0.2) is 47.0 Å². The average Bonchev–Trinajstić information content (AvgIpc) is 3.06. The number of benzene rings is 1. The molecule has 2 aliphatic heterocycles. The first-order valence-corrected chi connectivity index (χ1v) is 9.88. The van der Waals surface area contributed by atoms with Gasteiger partial charge >= 0.3 is 6.03 Å². The van der Waals surface area contributed by atoms with Crippen molar-refractivity contribution in [1.29, 1.82) is 0 Å². The Kier molecular flexibility index (Phi) is 5.12. The van der Waals surface area contributed by atoms with Crippen LogP contribution < -0.4 is 5.32 Å². The van der Waals surface area contributed by atoms with Gasteiger partial charge in [0.2, 0.25) is 0 Å². The number of aromatic nitrogens is 1. The van der Waals surface area contributed by atoms with Gasteiger partial charge in [0.05, 0.1) is 0 Å². The summed E-state index contributed by atoms with van der Waals surface area (Å²) in [7, 11) is 0. The van der Waals surface area contributed by atoms with Crippen molar-refractivity contribution in [3.63, 3.8) is 0 Å². The minimum absolute atomic E-state index is 0.0230. The zero-order chi connectivity index (χ0) is 18.7. The summed E-state index contributed by atoms with van der Waals surface area (Å²) in [5.41, 5.74) is 2.52. The number of nitrogens with one attached hydrogen (secondary N) is 1. The molecule has 0 radical (unpaired) electrons. The third kappa shape index (κ3) is 4.30. The molecule has 5 heteroatoms. The molecule has 2 saturated heterocycles. The Morgan fingerprint density at radius 3 is 2.74 bits per heavy atom. The Balaban J connectivity index is 1.36. The van der Waals surface area contributed by atoms with Gasteiger partial charge in [-0.1, -0.05) is 36.4 Å². The van der Waals surface area contributed by atoms with E-state index < -0.39 is 0 Å². The highest BCUT2D eigenvalue weighted by molar-refractivity contribution is 5.88. The molecule has 0 bridgehead atoms. The van der Waals surface area contributed by atoms with Gasteiger partial charge in [-0.2, -0.15) is 0 Å². The standard InChI is InChI=1S/C22H28N4O/c1-18-7-5-10-20(23-18)24-21(27)26-14-12-22(17-26)11-6-13-25(16-22)15-19-8-3-2-4-9-19/h2-5,7-10H,6,11-17H2,1H3,(H,23,24,27). The van der Waals surface area contributed by atoms with E-state index in [-0.39, 0.29) is 11.4 Å². The molecule has 5 nitrogen and oxygen atoms in total. The highest BCUT2D eigenvalue weighted by Gasteiger charge is 2.42. The third-order valence-electron chi connectivity index (χ3n) is 5.84. The van der Waals surface area contributed by atoms with Gasteiger partial charge in [-0.25, -0.2) is 9.78 Å². The third-order valence-corrected chi connectivity index (χ3v) is 5.84. The number of urea groups is 1. The maximum Gasteiger partial charge on any atom is 0.323 e. The number of rotatable bonds is 3. The van der Waals surface area contributed by atoms with Crippen molar-refractivity contribution in [3.8, 4) is 0 Å². The Hall–Kier alpha value is -2.40. The highest BCUT2D eigenvalue weighted by Crippen LogP contribution is 2.39. The number of anilines is 1. The van der Waals surface area contributed by atoms with E-state index in [0.717, 1.165) is 44.8 Å². The zero-order valence-electron chi connectivity index (χ0n) is 16.0. The van der Waals surface area contributed by atoms with Crippen LogP contribution in [-0.2, 0) is 6.54 Å². The number of carbonyl (C=O) groups excluding carboxylic acids is 1. The van der Waals surface area contributed by atoms with Crippen molar-refractivity contribution >= 4 is 11.8 Å². The maximum atomic E-state index is 12.7. The summed E-state index contributed by atoms with van der Waals surface area (Å²) in [4.78, 5) is 21.6. The summed E-state index contributed by atoms with van der Waals surface area (Å²) in [5.74, 6) is 0.635. The maximum absolute atomic E-state index is 12.7. The number of piperidine rings is 1. The van der Waals surface area contributed by atoms with Crippen LogP contribution in [0.25, 0.3) is 0 Å². The largest absolute Gasteiger partial charge is 0.324 e. The number of hydrogen-bond donors (Lipinski definition) is 1. The van der Waals surface area contributed by atoms with Crippen molar-refractivity contribution < 1.29 is 4.79 Å². The lowest BCUT2D eigenvalue weighted by molar-refractivity contribution is 0.0905. The highest BCUT2D eigenvalue weighted by atomic mass is 16.2. The molecule has 1 atom stereocenters. The van der Waals surface area contributed by atoms with Gasteiger partial charge in [0.25, 0.3) is 0 Å². The molecule has 0 saturated carbocycles. The minimum Gasteiger partial charge on any atom is -0.324 e. The lowest BCUT2D eigenvalue weighted by Gasteiger charge is -2.40. The molecule has 2 aromatic rings. The number of amides is 2. The Labute approximate surface area is 161 Å². The van der Waals surface area contributed by atoms with Gasteiger partial charge < -0.3 is 4.90 Å². The topological polar surface area (TPSA) is 48.5 Å². The van der Waals surface area contributed by atoms with E-state index in [1.54, 1.807) is 0 Å². The van der Waals surface area contributed by atoms with E-state index in [4.69, 9.17) is 0 Å². The van der Waals surface area contributed by atoms with E-state index in [0.29, 0.717) is 5.82 Å². The van der Waals surface area contributed by atoms with E-state index in [1.165, 1.54) is 18.4 Å². The normalized spacial score (nSPS) is 22.9. The minimum atomic E-state index is -0.0230. The molecule has 3 heterocycles. The molecule has 1 aromatic carbocycles. The van der Waals surface area contributed by atoms with Crippen LogP contribution in [0.2, 0.25) is 0 Å². The van der Waals surface area contributed by atoms with Crippen LogP contribution in [0, 0.1) is 12.3 Å². The summed E-state index contributed by atoms with van der Waals surface area (Å²) >= 11 is 0. The fraction of sp³-hybridized carbons (Fsp3) is 0.455. The van der Waals surface area contributed by atoms with Crippen LogP contribution in [0.4, 0.5) is 10.6 Å². The predicted molar refractivity (Wildman–Crippen MR) is 108 cm³/mol. The van der Waals surface area contributed by atoms with E-state index in [9.17, 15) is 4.79 Å². The average molecular weight is 364 g/mol. The Morgan fingerprint density at radius 2 is 1.93 bits per heavy atom. The fourth-order valence-corrected chi connectivity index (χ4v) is 4.53. The molecule has 142 valence electrons. The number of aryl methyl sites for hydroxylation is 1. The Morgan fingerprint density at radius 1 is 1.07 bits per heavy atom. The van der Waals surface area contributed by atoms with Crippen molar-refractivity contribution in [2.24, 2.45) is 5.41 Å². The van der Waals surface area contributed by atoms with Gasteiger partial charge in [-0.3, -0.25) is 10.2 Å². The second kappa shape index (κ2) is 7.69. The summed E-state index contributed by atoms with van der Waals surface area (Å²) in [6.45, 7) is 6.84. The van der Waals surface area contributed by atoms with Gasteiger partial charge in [-0.15, -0.1) is 0 Å². The van der Waals surface area contributed by atoms with Crippen LogP contribution in [0.15, 0.2) is 48.5 Å². The number of hydrogen-bond acceptors (Lipinski definition) is 3. The molecule has 1 aromatic heterocycles. The molecule has 1 spiro atoms. The first-order valence-electron chi connectivity index (χ1n) is 9.88. The molecule has 2 aliphatic rings. The fourth-order valence-electron chi connectivity index (χ4n) is 4.53. The number of pyridine rings is 1. The molecule has 4 rings (SSSR count). The smallest absolute Gasteiger partial charge is 0.323 e. The van der Waals surface area contributed by atoms with Gasteiger partial charge in [0.1, 0.15) is 5.82 Å². The summed E-state index contributed by atoms with van der Waals surface area (Å²) < 4.78 is 0. The summed E-state index contributed by atoms with van der Waals surface area (Å²) in [6, 6.07) is 16.4. The lowest BCUT2D eigenvalue weighted by Crippen LogP contribution is -2.45. The van der Waals surface area contributed by atoms with Crippen LogP contribution >= 0.6 is 0 Å². The number of carbonyl (C=O) groups is 1. The van der Waals surface area contributed by atoms with E-state index >= 15 is 0 Å².